The standard InChI is InChI=1S/C18H20FN3OS/c19-15-4-2-1-3-14(15)16-11-24-18(20-16)21-17(23)12-7-9-22(10-8-12)13-5-6-13/h1-4,11-13H,5-10H2,(H,20,21,23). The maximum atomic E-state index is 13.8. The van der Waals surface area contributed by atoms with Gasteiger partial charge >= 0.3 is 0 Å². The van der Waals surface area contributed by atoms with Crippen LogP contribution in [0, 0.1) is 11.7 Å². The molecule has 1 aliphatic carbocycles. The molecule has 2 heterocycles. The number of hydrogen-bond acceptors (Lipinski definition) is 4. The van der Waals surface area contributed by atoms with E-state index >= 15 is 0 Å². The first-order valence-corrected chi connectivity index (χ1v) is 9.34. The van der Waals surface area contributed by atoms with Crippen LogP contribution < -0.4 is 5.32 Å². The zero-order valence-electron chi connectivity index (χ0n) is 13.4. The van der Waals surface area contributed by atoms with Crippen LogP contribution in [0.2, 0.25) is 0 Å². The largest absolute Gasteiger partial charge is 0.302 e. The Kier molecular flexibility index (Phi) is 4.33. The lowest BCUT2D eigenvalue weighted by Crippen LogP contribution is -2.39. The molecule has 4 nitrogen and oxygen atoms in total. The smallest absolute Gasteiger partial charge is 0.229 e. The number of aromatic nitrogens is 1. The Morgan fingerprint density at radius 3 is 2.67 bits per heavy atom. The summed E-state index contributed by atoms with van der Waals surface area (Å²) in [5, 5.41) is 5.23. The summed E-state index contributed by atoms with van der Waals surface area (Å²) in [6.45, 7) is 2.03. The summed E-state index contributed by atoms with van der Waals surface area (Å²) in [5.41, 5.74) is 1.03. The molecule has 4 rings (SSSR count). The normalized spacial score (nSPS) is 19.4. The third-order valence-electron chi connectivity index (χ3n) is 4.85. The Morgan fingerprint density at radius 1 is 1.21 bits per heavy atom. The van der Waals surface area contributed by atoms with E-state index in [0.717, 1.165) is 32.0 Å². The Morgan fingerprint density at radius 2 is 1.96 bits per heavy atom. The molecule has 2 aromatic rings. The monoisotopic (exact) mass is 345 g/mol. The highest BCUT2D eigenvalue weighted by molar-refractivity contribution is 7.14. The molecule has 0 unspecified atom stereocenters. The molecule has 2 fully saturated rings. The molecule has 24 heavy (non-hydrogen) atoms. The molecular weight excluding hydrogens is 325 g/mol. The number of hydrogen-bond donors (Lipinski definition) is 1. The molecular formula is C18H20FN3OS. The van der Waals surface area contributed by atoms with Gasteiger partial charge in [0.2, 0.25) is 5.91 Å². The maximum Gasteiger partial charge on any atom is 0.229 e. The van der Waals surface area contributed by atoms with Gasteiger partial charge in [0.25, 0.3) is 0 Å². The fourth-order valence-corrected chi connectivity index (χ4v) is 4.01. The molecule has 1 aromatic heterocycles. The molecule has 1 aliphatic heterocycles. The van der Waals surface area contributed by atoms with Crippen LogP contribution in [0.15, 0.2) is 29.6 Å². The molecule has 1 saturated heterocycles. The van der Waals surface area contributed by atoms with Crippen LogP contribution in [0.25, 0.3) is 11.3 Å². The van der Waals surface area contributed by atoms with Crippen LogP contribution in [0.1, 0.15) is 25.7 Å². The summed E-state index contributed by atoms with van der Waals surface area (Å²) in [6, 6.07) is 7.33. The van der Waals surface area contributed by atoms with Gasteiger partial charge in [0.05, 0.1) is 5.69 Å². The van der Waals surface area contributed by atoms with Gasteiger partial charge in [-0.2, -0.15) is 0 Å². The molecule has 0 bridgehead atoms. The number of rotatable bonds is 4. The van der Waals surface area contributed by atoms with Crippen molar-refractivity contribution in [2.24, 2.45) is 5.92 Å². The number of carbonyl (C=O) groups excluding carboxylic acids is 1. The highest BCUT2D eigenvalue weighted by Crippen LogP contribution is 2.32. The van der Waals surface area contributed by atoms with Crippen molar-refractivity contribution < 1.29 is 9.18 Å². The summed E-state index contributed by atoms with van der Waals surface area (Å²) in [6.07, 6.45) is 4.45. The third-order valence-corrected chi connectivity index (χ3v) is 5.61. The zero-order valence-corrected chi connectivity index (χ0v) is 14.2. The van der Waals surface area contributed by atoms with Gasteiger partial charge in [-0.3, -0.25) is 4.79 Å². The fraction of sp³-hybridized carbons (Fsp3) is 0.444. The van der Waals surface area contributed by atoms with Crippen LogP contribution in [-0.4, -0.2) is 34.9 Å². The summed E-state index contributed by atoms with van der Waals surface area (Å²) in [4.78, 5) is 19.3. The van der Waals surface area contributed by atoms with Crippen LogP contribution in [0.3, 0.4) is 0 Å². The van der Waals surface area contributed by atoms with Gasteiger partial charge in [-0.1, -0.05) is 12.1 Å². The van der Waals surface area contributed by atoms with Crippen molar-refractivity contribution in [2.45, 2.75) is 31.7 Å². The van der Waals surface area contributed by atoms with Gasteiger partial charge in [-0.15, -0.1) is 11.3 Å². The maximum absolute atomic E-state index is 13.8. The molecule has 0 atom stereocenters. The van der Waals surface area contributed by atoms with E-state index in [4.69, 9.17) is 0 Å². The van der Waals surface area contributed by atoms with Gasteiger partial charge < -0.3 is 10.2 Å². The lowest BCUT2D eigenvalue weighted by molar-refractivity contribution is -0.121. The molecule has 126 valence electrons. The highest BCUT2D eigenvalue weighted by Gasteiger charge is 2.33. The SMILES string of the molecule is O=C(Nc1nc(-c2ccccc2F)cs1)C1CCN(C2CC2)CC1. The van der Waals surface area contributed by atoms with Crippen molar-refractivity contribution in [1.82, 2.24) is 9.88 Å². The first kappa shape index (κ1) is 15.7. The molecule has 1 aromatic carbocycles. The van der Waals surface area contributed by atoms with Crippen molar-refractivity contribution in [3.05, 3.63) is 35.5 Å². The summed E-state index contributed by atoms with van der Waals surface area (Å²) >= 11 is 1.34. The minimum Gasteiger partial charge on any atom is -0.302 e. The second-order valence-corrected chi connectivity index (χ2v) is 7.41. The van der Waals surface area contributed by atoms with Crippen molar-refractivity contribution >= 4 is 22.4 Å². The number of likely N-dealkylation sites (tertiary alicyclic amines) is 1. The lowest BCUT2D eigenvalue weighted by atomic mass is 9.96. The van der Waals surface area contributed by atoms with E-state index < -0.39 is 0 Å². The first-order chi connectivity index (χ1) is 11.7. The Bertz CT molecular complexity index is 735. The second-order valence-electron chi connectivity index (χ2n) is 6.55. The van der Waals surface area contributed by atoms with E-state index in [0.29, 0.717) is 16.4 Å². The molecule has 1 N–H and O–H groups in total. The van der Waals surface area contributed by atoms with E-state index in [1.54, 1.807) is 23.6 Å². The molecule has 1 amide bonds. The fourth-order valence-electron chi connectivity index (χ4n) is 3.30. The van der Waals surface area contributed by atoms with Gasteiger partial charge in [0, 0.05) is 22.9 Å². The summed E-state index contributed by atoms with van der Waals surface area (Å²) in [5.74, 6) is -0.200. The number of amides is 1. The minimum atomic E-state index is -0.298. The van der Waals surface area contributed by atoms with Crippen LogP contribution in [-0.2, 0) is 4.79 Å². The number of thiazole rings is 1. The van der Waals surface area contributed by atoms with Crippen molar-refractivity contribution in [2.75, 3.05) is 18.4 Å². The number of anilines is 1. The number of nitrogens with zero attached hydrogens (tertiary/aromatic N) is 2. The van der Waals surface area contributed by atoms with Crippen LogP contribution >= 0.6 is 11.3 Å². The highest BCUT2D eigenvalue weighted by atomic mass is 32.1. The second kappa shape index (κ2) is 6.61. The van der Waals surface area contributed by atoms with Gasteiger partial charge in [-0.25, -0.2) is 9.37 Å². The Labute approximate surface area is 144 Å². The number of piperidine rings is 1. The molecule has 2 aliphatic rings. The minimum absolute atomic E-state index is 0.0416. The van der Waals surface area contributed by atoms with Crippen molar-refractivity contribution in [3.8, 4) is 11.3 Å². The average Bonchev–Trinajstić information content (AvgIpc) is 3.35. The Balaban J connectivity index is 1.37. The van der Waals surface area contributed by atoms with E-state index in [1.165, 1.54) is 30.2 Å². The van der Waals surface area contributed by atoms with Crippen molar-refractivity contribution in [3.63, 3.8) is 0 Å². The number of carbonyl (C=O) groups is 1. The molecule has 1 saturated carbocycles. The quantitative estimate of drug-likeness (QED) is 0.918. The summed E-state index contributed by atoms with van der Waals surface area (Å²) < 4.78 is 13.8. The molecule has 0 radical (unpaired) electrons. The van der Waals surface area contributed by atoms with Gasteiger partial charge in [-0.05, 0) is 50.9 Å². The van der Waals surface area contributed by atoms with E-state index in [1.807, 2.05) is 0 Å². The topological polar surface area (TPSA) is 45.2 Å². The third kappa shape index (κ3) is 3.35. The van der Waals surface area contributed by atoms with Crippen molar-refractivity contribution in [1.29, 1.82) is 0 Å². The zero-order chi connectivity index (χ0) is 16.5. The van der Waals surface area contributed by atoms with E-state index in [2.05, 4.69) is 15.2 Å². The van der Waals surface area contributed by atoms with E-state index in [-0.39, 0.29) is 17.6 Å². The molecule has 6 heteroatoms. The van der Waals surface area contributed by atoms with Gasteiger partial charge in [0.1, 0.15) is 5.82 Å². The number of halogens is 1. The Hall–Kier alpha value is -1.79. The van der Waals surface area contributed by atoms with E-state index in [9.17, 15) is 9.18 Å². The predicted molar refractivity (Wildman–Crippen MR) is 93.5 cm³/mol. The number of nitrogens with one attached hydrogen (secondary N) is 1. The lowest BCUT2D eigenvalue weighted by Gasteiger charge is -2.31. The molecule has 0 spiro atoms. The summed E-state index contributed by atoms with van der Waals surface area (Å²) in [7, 11) is 0. The first-order valence-electron chi connectivity index (χ1n) is 8.46. The number of benzene rings is 1. The predicted octanol–water partition coefficient (Wildman–Crippen LogP) is 3.76. The average molecular weight is 345 g/mol. The van der Waals surface area contributed by atoms with Gasteiger partial charge in [0.15, 0.2) is 5.13 Å². The van der Waals surface area contributed by atoms with Crippen LogP contribution in [0.5, 0.6) is 0 Å². The van der Waals surface area contributed by atoms with Crippen LogP contribution in [0.4, 0.5) is 9.52 Å².